The van der Waals surface area contributed by atoms with Crippen LogP contribution in [0, 0.1) is 0 Å². The van der Waals surface area contributed by atoms with Gasteiger partial charge in [0.1, 0.15) is 5.69 Å². The van der Waals surface area contributed by atoms with E-state index in [1.54, 1.807) is 6.20 Å². The third-order valence-electron chi connectivity index (χ3n) is 4.12. The fourth-order valence-corrected chi connectivity index (χ4v) is 2.87. The van der Waals surface area contributed by atoms with Gasteiger partial charge in [0.15, 0.2) is 0 Å². The molecule has 1 N–H and O–H groups in total. The van der Waals surface area contributed by atoms with Gasteiger partial charge in [0, 0.05) is 24.8 Å². The normalized spacial score (nSPS) is 16.8. The summed E-state index contributed by atoms with van der Waals surface area (Å²) in [5, 5.41) is 12.0. The van der Waals surface area contributed by atoms with Crippen LogP contribution >= 0.6 is 0 Å². The molecule has 3 aromatic rings. The number of aromatic nitrogens is 4. The molecule has 1 atom stereocenters. The molecule has 0 amide bonds. The van der Waals surface area contributed by atoms with E-state index >= 15 is 0 Å². The van der Waals surface area contributed by atoms with Crippen molar-refractivity contribution in [3.05, 3.63) is 66.1 Å². The Morgan fingerprint density at radius 3 is 2.83 bits per heavy atom. The molecule has 1 aliphatic rings. The van der Waals surface area contributed by atoms with Crippen LogP contribution in [0.5, 0.6) is 0 Å². The van der Waals surface area contributed by atoms with Crippen molar-refractivity contribution < 1.29 is 4.74 Å². The minimum Gasteiger partial charge on any atom is -0.369 e. The predicted octanol–water partition coefficient (Wildman–Crippen LogP) is 2.03. The molecule has 4 rings (SSSR count). The summed E-state index contributed by atoms with van der Waals surface area (Å²) in [7, 11) is 0. The highest BCUT2D eigenvalue weighted by molar-refractivity contribution is 5.61. The third kappa shape index (κ3) is 3.20. The fourth-order valence-electron chi connectivity index (χ4n) is 2.87. The molecule has 1 unspecified atom stereocenters. The quantitative estimate of drug-likeness (QED) is 0.779. The van der Waals surface area contributed by atoms with Gasteiger partial charge < -0.3 is 10.1 Å². The second-order valence-corrected chi connectivity index (χ2v) is 5.82. The molecule has 6 heteroatoms. The molecule has 1 aliphatic heterocycles. The van der Waals surface area contributed by atoms with E-state index in [-0.39, 0.29) is 6.10 Å². The lowest BCUT2D eigenvalue weighted by molar-refractivity contribution is 0.00121. The predicted molar refractivity (Wildman–Crippen MR) is 90.0 cm³/mol. The topological polar surface area (TPSA) is 64.9 Å². The van der Waals surface area contributed by atoms with Crippen LogP contribution in [0.1, 0.15) is 11.4 Å². The van der Waals surface area contributed by atoms with E-state index < -0.39 is 0 Å². The summed E-state index contributed by atoms with van der Waals surface area (Å²) in [5.41, 5.74) is 4.06. The van der Waals surface area contributed by atoms with Gasteiger partial charge in [-0.05, 0) is 12.1 Å². The van der Waals surface area contributed by atoms with E-state index in [1.807, 2.05) is 53.2 Å². The Morgan fingerprint density at radius 1 is 1.12 bits per heavy atom. The Hall–Kier alpha value is -2.57. The van der Waals surface area contributed by atoms with Crippen LogP contribution in [0.15, 0.2) is 54.7 Å². The monoisotopic (exact) mass is 321 g/mol. The maximum atomic E-state index is 5.98. The van der Waals surface area contributed by atoms with Gasteiger partial charge in [-0.1, -0.05) is 41.6 Å². The Morgan fingerprint density at radius 2 is 2.00 bits per heavy atom. The molecule has 0 aliphatic carbocycles. The number of nitrogens with zero attached hydrogens (tertiary/aromatic N) is 4. The second kappa shape index (κ2) is 6.90. The van der Waals surface area contributed by atoms with Gasteiger partial charge in [0.2, 0.25) is 0 Å². The van der Waals surface area contributed by atoms with Crippen LogP contribution in [0.2, 0.25) is 0 Å². The number of hydrogen-bond donors (Lipinski definition) is 1. The minimum atomic E-state index is 0.0894. The van der Waals surface area contributed by atoms with Crippen molar-refractivity contribution in [3.8, 4) is 11.3 Å². The highest BCUT2D eigenvalue weighted by Gasteiger charge is 2.24. The van der Waals surface area contributed by atoms with Crippen LogP contribution in [-0.4, -0.2) is 32.6 Å². The molecular weight excluding hydrogens is 302 g/mol. The van der Waals surface area contributed by atoms with E-state index in [9.17, 15) is 0 Å². The Kier molecular flexibility index (Phi) is 4.31. The van der Waals surface area contributed by atoms with Crippen molar-refractivity contribution in [2.24, 2.45) is 0 Å². The van der Waals surface area contributed by atoms with Gasteiger partial charge in [0.05, 0.1) is 30.6 Å². The summed E-state index contributed by atoms with van der Waals surface area (Å²) < 4.78 is 7.94. The first kappa shape index (κ1) is 15.0. The van der Waals surface area contributed by atoms with E-state index in [1.165, 1.54) is 0 Å². The van der Waals surface area contributed by atoms with E-state index in [4.69, 9.17) is 4.74 Å². The molecular formula is C18H19N5O. The maximum Gasteiger partial charge on any atom is 0.118 e. The third-order valence-corrected chi connectivity index (χ3v) is 4.12. The number of pyridine rings is 1. The molecule has 0 bridgehead atoms. The molecule has 6 nitrogen and oxygen atoms in total. The van der Waals surface area contributed by atoms with Gasteiger partial charge >= 0.3 is 0 Å². The molecule has 0 saturated heterocycles. The lowest BCUT2D eigenvalue weighted by Crippen LogP contribution is -2.36. The number of rotatable bonds is 5. The molecule has 0 radical (unpaired) electrons. The van der Waals surface area contributed by atoms with Crippen LogP contribution in [0.4, 0.5) is 0 Å². The van der Waals surface area contributed by atoms with E-state index in [2.05, 4.69) is 20.6 Å². The smallest absolute Gasteiger partial charge is 0.118 e. The largest absolute Gasteiger partial charge is 0.369 e. The summed E-state index contributed by atoms with van der Waals surface area (Å²) in [6.45, 7) is 2.74. The summed E-state index contributed by atoms with van der Waals surface area (Å²) in [6, 6.07) is 16.0. The van der Waals surface area contributed by atoms with E-state index in [0.29, 0.717) is 13.2 Å². The van der Waals surface area contributed by atoms with E-state index in [0.717, 1.165) is 35.7 Å². The lowest BCUT2D eigenvalue weighted by atomic mass is 10.1. The number of ether oxygens (including phenoxy) is 1. The number of hydrogen-bond acceptors (Lipinski definition) is 5. The first-order chi connectivity index (χ1) is 11.9. The number of fused-ring (bicyclic) bond motifs is 1. The average Bonchev–Trinajstić information content (AvgIpc) is 3.07. The van der Waals surface area contributed by atoms with Crippen molar-refractivity contribution in [3.63, 3.8) is 0 Å². The van der Waals surface area contributed by atoms with Crippen molar-refractivity contribution >= 4 is 0 Å². The summed E-state index contributed by atoms with van der Waals surface area (Å²) in [5.74, 6) is 0. The molecule has 2 aromatic heterocycles. The van der Waals surface area contributed by atoms with Gasteiger partial charge in [0.25, 0.3) is 0 Å². The second-order valence-electron chi connectivity index (χ2n) is 5.82. The van der Waals surface area contributed by atoms with Gasteiger partial charge in [-0.2, -0.15) is 0 Å². The van der Waals surface area contributed by atoms with Crippen LogP contribution in [-0.2, 0) is 24.4 Å². The Balaban J connectivity index is 1.37. The molecule has 0 spiro atoms. The fraction of sp³-hybridized carbons (Fsp3) is 0.278. The summed E-state index contributed by atoms with van der Waals surface area (Å²) in [6.07, 6.45) is 1.90. The van der Waals surface area contributed by atoms with Gasteiger partial charge in [-0.25, -0.2) is 4.68 Å². The Bertz CT molecular complexity index is 788. The highest BCUT2D eigenvalue weighted by atomic mass is 16.5. The van der Waals surface area contributed by atoms with Crippen molar-refractivity contribution in [2.75, 3.05) is 6.54 Å². The highest BCUT2D eigenvalue weighted by Crippen LogP contribution is 2.24. The maximum absolute atomic E-state index is 5.98. The van der Waals surface area contributed by atoms with Crippen LogP contribution in [0.3, 0.4) is 0 Å². The van der Waals surface area contributed by atoms with Crippen LogP contribution in [0.25, 0.3) is 11.3 Å². The molecule has 122 valence electrons. The molecule has 0 saturated carbocycles. The van der Waals surface area contributed by atoms with Crippen LogP contribution < -0.4 is 5.32 Å². The zero-order chi connectivity index (χ0) is 16.2. The zero-order valence-electron chi connectivity index (χ0n) is 13.3. The first-order valence-corrected chi connectivity index (χ1v) is 8.10. The Labute approximate surface area is 140 Å². The molecule has 3 heterocycles. The standard InChI is InChI=1S/C18H19N5O/c1-2-6-14(7-3-1)18-17-13-24-16(12-23(17)22-21-18)11-19-10-15-8-4-5-9-20-15/h1-9,16,19H,10-13H2. The van der Waals surface area contributed by atoms with Gasteiger partial charge in [-0.3, -0.25) is 4.98 Å². The zero-order valence-corrected chi connectivity index (χ0v) is 13.3. The summed E-state index contributed by atoms with van der Waals surface area (Å²) >= 11 is 0. The molecule has 1 aromatic carbocycles. The minimum absolute atomic E-state index is 0.0894. The summed E-state index contributed by atoms with van der Waals surface area (Å²) in [4.78, 5) is 4.30. The van der Waals surface area contributed by atoms with Crippen molar-refractivity contribution in [1.82, 2.24) is 25.3 Å². The number of nitrogens with one attached hydrogen (secondary N) is 1. The SMILES string of the molecule is c1ccc(-c2nnn3c2COC(CNCc2ccccn2)C3)cc1. The van der Waals surface area contributed by atoms with Crippen molar-refractivity contribution in [2.45, 2.75) is 25.8 Å². The first-order valence-electron chi connectivity index (χ1n) is 8.10. The number of benzene rings is 1. The lowest BCUT2D eigenvalue weighted by Gasteiger charge is -2.24. The molecule has 0 fully saturated rings. The molecule has 24 heavy (non-hydrogen) atoms. The van der Waals surface area contributed by atoms with Gasteiger partial charge in [-0.15, -0.1) is 5.10 Å². The average molecular weight is 321 g/mol. The van der Waals surface area contributed by atoms with Crippen molar-refractivity contribution in [1.29, 1.82) is 0 Å².